The van der Waals surface area contributed by atoms with E-state index in [1.54, 1.807) is 12.3 Å². The van der Waals surface area contributed by atoms with Crippen molar-refractivity contribution in [1.29, 1.82) is 5.41 Å². The van der Waals surface area contributed by atoms with Gasteiger partial charge >= 0.3 is 12.2 Å². The minimum atomic E-state index is -4.70. The standard InChI is InChI=1S/C24H32F3N7O5/c1-32-14-15(24(25,26)27)11-19(22(32)36)31-23(37)34(7-8-35)16-3-5-33(6-4-16)17-12-18(20(28)30-13-17)21(29)39-10-9-38-2/h11-14,16,29,35H,3-10H2,1-2H3,(H2,28,30)(H,31,37). The van der Waals surface area contributed by atoms with Crippen molar-refractivity contribution < 1.29 is 32.5 Å². The molecular weight excluding hydrogens is 523 g/mol. The van der Waals surface area contributed by atoms with Gasteiger partial charge in [0.15, 0.2) is 0 Å². The first-order valence-corrected chi connectivity index (χ1v) is 12.1. The Morgan fingerprint density at radius 1 is 1.31 bits per heavy atom. The van der Waals surface area contributed by atoms with Gasteiger partial charge in [-0.15, -0.1) is 0 Å². The Morgan fingerprint density at radius 2 is 2.00 bits per heavy atom. The van der Waals surface area contributed by atoms with Crippen molar-refractivity contribution in [3.8, 4) is 0 Å². The molecule has 1 aliphatic rings. The van der Waals surface area contributed by atoms with Crippen LogP contribution in [0, 0.1) is 5.41 Å². The first-order chi connectivity index (χ1) is 18.5. The number of pyridine rings is 2. The third kappa shape index (κ3) is 7.38. The van der Waals surface area contributed by atoms with Gasteiger partial charge in [-0.05, 0) is 25.0 Å². The lowest BCUT2D eigenvalue weighted by Gasteiger charge is -2.39. The number of carbonyl (C=O) groups is 1. The Bertz CT molecular complexity index is 1230. The molecule has 1 saturated heterocycles. The summed E-state index contributed by atoms with van der Waals surface area (Å²) in [5, 5.41) is 20.0. The summed E-state index contributed by atoms with van der Waals surface area (Å²) in [5.74, 6) is 0.00268. The number of aliphatic hydroxyl groups excluding tert-OH is 1. The van der Waals surface area contributed by atoms with Crippen molar-refractivity contribution >= 4 is 29.1 Å². The number of nitrogens with two attached hydrogens (primary N) is 1. The minimum Gasteiger partial charge on any atom is -0.475 e. The fourth-order valence-corrected chi connectivity index (χ4v) is 4.26. The zero-order chi connectivity index (χ0) is 28.7. The molecule has 1 aliphatic heterocycles. The van der Waals surface area contributed by atoms with Crippen molar-refractivity contribution in [2.45, 2.75) is 25.1 Å². The first kappa shape index (κ1) is 29.7. The van der Waals surface area contributed by atoms with Gasteiger partial charge in [0, 0.05) is 46.0 Å². The lowest BCUT2D eigenvalue weighted by molar-refractivity contribution is -0.138. The number of nitrogens with zero attached hydrogens (tertiary/aromatic N) is 4. The largest absolute Gasteiger partial charge is 0.475 e. The maximum Gasteiger partial charge on any atom is 0.417 e. The van der Waals surface area contributed by atoms with E-state index in [2.05, 4.69) is 10.3 Å². The van der Waals surface area contributed by atoms with Gasteiger partial charge in [-0.25, -0.2) is 9.78 Å². The van der Waals surface area contributed by atoms with E-state index in [0.717, 1.165) is 4.57 Å². The molecule has 2 aromatic rings. The van der Waals surface area contributed by atoms with Crippen molar-refractivity contribution in [2.24, 2.45) is 7.05 Å². The van der Waals surface area contributed by atoms with Crippen LogP contribution in [0.15, 0.2) is 29.3 Å². The van der Waals surface area contributed by atoms with Crippen LogP contribution in [0.3, 0.4) is 0 Å². The molecule has 3 heterocycles. The van der Waals surface area contributed by atoms with E-state index in [-0.39, 0.29) is 37.5 Å². The molecule has 1 fully saturated rings. The van der Waals surface area contributed by atoms with Gasteiger partial charge in [-0.2, -0.15) is 13.2 Å². The van der Waals surface area contributed by atoms with Gasteiger partial charge < -0.3 is 40.0 Å². The van der Waals surface area contributed by atoms with Crippen LogP contribution in [-0.4, -0.2) is 84.1 Å². The lowest BCUT2D eigenvalue weighted by Crippen LogP contribution is -2.50. The monoisotopic (exact) mass is 555 g/mol. The molecule has 0 atom stereocenters. The Hall–Kier alpha value is -3.85. The summed E-state index contributed by atoms with van der Waals surface area (Å²) in [6.45, 7) is 1.01. The van der Waals surface area contributed by atoms with Crippen LogP contribution in [0.5, 0.6) is 0 Å². The average Bonchev–Trinajstić information content (AvgIpc) is 2.89. The highest BCUT2D eigenvalue weighted by molar-refractivity contribution is 5.97. The summed E-state index contributed by atoms with van der Waals surface area (Å²) < 4.78 is 50.7. The van der Waals surface area contributed by atoms with E-state index in [9.17, 15) is 27.9 Å². The van der Waals surface area contributed by atoms with Crippen molar-refractivity contribution in [1.82, 2.24) is 14.5 Å². The second kappa shape index (κ2) is 12.8. The van der Waals surface area contributed by atoms with Crippen LogP contribution in [0.25, 0.3) is 0 Å². The van der Waals surface area contributed by atoms with Crippen LogP contribution in [0.4, 0.5) is 35.2 Å². The number of urea groups is 1. The van der Waals surface area contributed by atoms with E-state index in [1.807, 2.05) is 4.90 Å². The van der Waals surface area contributed by atoms with Crippen molar-refractivity contribution in [2.75, 3.05) is 62.5 Å². The highest BCUT2D eigenvalue weighted by Crippen LogP contribution is 2.30. The molecule has 0 saturated carbocycles. The molecule has 0 aliphatic carbocycles. The number of carbonyl (C=O) groups excluding carboxylic acids is 1. The van der Waals surface area contributed by atoms with Gasteiger partial charge in [-0.1, -0.05) is 0 Å². The van der Waals surface area contributed by atoms with Gasteiger partial charge in [0.05, 0.1) is 36.2 Å². The molecule has 2 amide bonds. The molecule has 39 heavy (non-hydrogen) atoms. The average molecular weight is 556 g/mol. The molecule has 0 unspecified atom stereocenters. The lowest BCUT2D eigenvalue weighted by atomic mass is 10.0. The second-order valence-corrected chi connectivity index (χ2v) is 8.92. The van der Waals surface area contributed by atoms with E-state index >= 15 is 0 Å². The number of aromatic nitrogens is 2. The number of piperidine rings is 1. The first-order valence-electron chi connectivity index (χ1n) is 12.1. The summed E-state index contributed by atoms with van der Waals surface area (Å²) in [6.07, 6.45) is -1.54. The predicted octanol–water partition coefficient (Wildman–Crippen LogP) is 1.86. The predicted molar refractivity (Wildman–Crippen MR) is 138 cm³/mol. The molecule has 0 aromatic carbocycles. The molecule has 0 bridgehead atoms. The molecule has 5 N–H and O–H groups in total. The van der Waals surface area contributed by atoms with E-state index < -0.39 is 29.0 Å². The fourth-order valence-electron chi connectivity index (χ4n) is 4.26. The summed E-state index contributed by atoms with van der Waals surface area (Å²) >= 11 is 0. The molecular formula is C24H32F3N7O5. The van der Waals surface area contributed by atoms with Crippen molar-refractivity contribution in [3.63, 3.8) is 0 Å². The van der Waals surface area contributed by atoms with Crippen LogP contribution in [0.2, 0.25) is 0 Å². The number of hydrogen-bond donors (Lipinski definition) is 4. The summed E-state index contributed by atoms with van der Waals surface area (Å²) in [7, 11) is 2.68. The molecule has 0 spiro atoms. The number of halogens is 3. The van der Waals surface area contributed by atoms with E-state index in [1.165, 1.54) is 19.1 Å². The summed E-state index contributed by atoms with van der Waals surface area (Å²) in [4.78, 5) is 32.9. The topological polar surface area (TPSA) is 159 Å². The molecule has 214 valence electrons. The number of anilines is 3. The number of nitrogen functional groups attached to an aromatic ring is 1. The normalized spacial score (nSPS) is 14.3. The summed E-state index contributed by atoms with van der Waals surface area (Å²) in [5.41, 5.74) is 4.58. The zero-order valence-electron chi connectivity index (χ0n) is 21.6. The van der Waals surface area contributed by atoms with Gasteiger partial charge in [0.1, 0.15) is 18.1 Å². The van der Waals surface area contributed by atoms with Crippen LogP contribution >= 0.6 is 0 Å². The number of amides is 2. The second-order valence-electron chi connectivity index (χ2n) is 8.92. The Morgan fingerprint density at radius 3 is 2.62 bits per heavy atom. The molecule has 0 radical (unpaired) electrons. The van der Waals surface area contributed by atoms with Crippen molar-refractivity contribution in [3.05, 3.63) is 46.0 Å². The number of alkyl halides is 3. The van der Waals surface area contributed by atoms with Crippen LogP contribution < -0.4 is 21.5 Å². The third-order valence-corrected chi connectivity index (χ3v) is 6.31. The quantitative estimate of drug-likeness (QED) is 0.207. The SMILES string of the molecule is COCCOC(=N)c1cc(N2CCC(N(CCO)C(=O)Nc3cc(C(F)(F)F)cn(C)c3=O)CC2)cnc1N. The molecule has 2 aromatic heterocycles. The van der Waals surface area contributed by atoms with Crippen LogP contribution in [-0.2, 0) is 22.7 Å². The number of methoxy groups -OCH3 is 1. The van der Waals surface area contributed by atoms with Gasteiger partial charge in [0.2, 0.25) is 5.90 Å². The third-order valence-electron chi connectivity index (χ3n) is 6.31. The number of aryl methyl sites for hydroxylation is 1. The number of rotatable bonds is 9. The fraction of sp³-hybridized carbons (Fsp3) is 0.500. The molecule has 3 rings (SSSR count). The number of aliphatic hydroxyl groups is 1. The minimum absolute atomic E-state index is 0.0701. The smallest absolute Gasteiger partial charge is 0.417 e. The van der Waals surface area contributed by atoms with Gasteiger partial charge in [0.25, 0.3) is 5.56 Å². The molecule has 12 nitrogen and oxygen atoms in total. The Kier molecular flexibility index (Phi) is 9.75. The Labute approximate surface area is 222 Å². The number of nitrogens with one attached hydrogen (secondary N) is 2. The maximum absolute atomic E-state index is 13.2. The maximum atomic E-state index is 13.2. The van der Waals surface area contributed by atoms with Crippen LogP contribution in [0.1, 0.15) is 24.0 Å². The number of ether oxygens (including phenoxy) is 2. The van der Waals surface area contributed by atoms with Gasteiger partial charge in [-0.3, -0.25) is 10.2 Å². The van der Waals surface area contributed by atoms with E-state index in [4.69, 9.17) is 20.6 Å². The number of hydrogen-bond acceptors (Lipinski definition) is 9. The van der Waals surface area contributed by atoms with E-state index in [0.29, 0.717) is 56.1 Å². The Balaban J connectivity index is 1.70. The highest BCUT2D eigenvalue weighted by Gasteiger charge is 2.33. The molecule has 15 heteroatoms. The summed E-state index contributed by atoms with van der Waals surface area (Å²) in [6, 6.07) is 1.17. The zero-order valence-corrected chi connectivity index (χ0v) is 21.6. The highest BCUT2D eigenvalue weighted by atomic mass is 19.4.